The Kier molecular flexibility index (Phi) is 6.70. The first-order valence-corrected chi connectivity index (χ1v) is 8.17. The fourth-order valence-electron chi connectivity index (χ4n) is 1.87. The van der Waals surface area contributed by atoms with Crippen LogP contribution in [0.15, 0.2) is 11.4 Å². The van der Waals surface area contributed by atoms with Gasteiger partial charge >= 0.3 is 0 Å². The van der Waals surface area contributed by atoms with Crippen LogP contribution in [0.2, 0.25) is 0 Å². The molecule has 0 aliphatic carbocycles. The minimum atomic E-state index is -0.202. The van der Waals surface area contributed by atoms with Gasteiger partial charge < -0.3 is 0 Å². The highest BCUT2D eigenvalue weighted by Gasteiger charge is 2.17. The Morgan fingerprint density at radius 3 is 2.94 bits per heavy atom. The molecule has 102 valence electrons. The van der Waals surface area contributed by atoms with Crippen LogP contribution in [-0.2, 0) is 6.54 Å². The number of thiophene rings is 1. The summed E-state index contributed by atoms with van der Waals surface area (Å²) in [6, 6.07) is 2.53. The molecule has 1 unspecified atom stereocenters. The SMILES string of the molecule is CCC(CSC)N(C)Cc1ccsc1C(=O)NN. The van der Waals surface area contributed by atoms with E-state index < -0.39 is 0 Å². The van der Waals surface area contributed by atoms with Gasteiger partial charge in [0.2, 0.25) is 0 Å². The molecule has 0 aliphatic heterocycles. The molecule has 1 amide bonds. The summed E-state index contributed by atoms with van der Waals surface area (Å²) in [5.41, 5.74) is 3.24. The van der Waals surface area contributed by atoms with Crippen molar-refractivity contribution < 1.29 is 4.79 Å². The molecule has 1 heterocycles. The minimum Gasteiger partial charge on any atom is -0.298 e. The molecule has 1 rings (SSSR count). The van der Waals surface area contributed by atoms with E-state index in [2.05, 4.69) is 30.6 Å². The van der Waals surface area contributed by atoms with Gasteiger partial charge in [-0.15, -0.1) is 11.3 Å². The van der Waals surface area contributed by atoms with Crippen LogP contribution in [-0.4, -0.2) is 35.9 Å². The van der Waals surface area contributed by atoms with Gasteiger partial charge in [0.05, 0.1) is 4.88 Å². The third-order valence-corrected chi connectivity index (χ3v) is 4.63. The van der Waals surface area contributed by atoms with Crippen molar-refractivity contribution >= 4 is 29.0 Å². The number of thioether (sulfide) groups is 1. The fourth-order valence-corrected chi connectivity index (χ4v) is 3.57. The Morgan fingerprint density at radius 1 is 1.67 bits per heavy atom. The number of carbonyl (C=O) groups excluding carboxylic acids is 1. The van der Waals surface area contributed by atoms with Gasteiger partial charge in [0, 0.05) is 18.3 Å². The average molecular weight is 287 g/mol. The molecule has 1 aromatic heterocycles. The lowest BCUT2D eigenvalue weighted by Crippen LogP contribution is -2.34. The number of nitrogens with two attached hydrogens (primary N) is 1. The van der Waals surface area contributed by atoms with E-state index in [4.69, 9.17) is 5.84 Å². The monoisotopic (exact) mass is 287 g/mol. The van der Waals surface area contributed by atoms with Gasteiger partial charge in [-0.05, 0) is 36.7 Å². The fraction of sp³-hybridized carbons (Fsp3) is 0.583. The number of nitrogens with one attached hydrogen (secondary N) is 1. The highest BCUT2D eigenvalue weighted by Crippen LogP contribution is 2.20. The summed E-state index contributed by atoms with van der Waals surface area (Å²) in [5.74, 6) is 6.09. The quantitative estimate of drug-likeness (QED) is 0.457. The second kappa shape index (κ2) is 7.78. The molecule has 18 heavy (non-hydrogen) atoms. The van der Waals surface area contributed by atoms with Crippen LogP contribution in [0.4, 0.5) is 0 Å². The van der Waals surface area contributed by atoms with Crippen molar-refractivity contribution in [2.45, 2.75) is 25.9 Å². The van der Waals surface area contributed by atoms with Crippen LogP contribution >= 0.6 is 23.1 Å². The molecule has 0 aliphatic rings. The Morgan fingerprint density at radius 2 is 2.39 bits per heavy atom. The molecule has 1 atom stereocenters. The third kappa shape index (κ3) is 3.98. The van der Waals surface area contributed by atoms with Crippen LogP contribution in [0.25, 0.3) is 0 Å². The summed E-state index contributed by atoms with van der Waals surface area (Å²) < 4.78 is 0. The normalized spacial score (nSPS) is 12.7. The molecule has 4 nitrogen and oxygen atoms in total. The highest BCUT2D eigenvalue weighted by atomic mass is 32.2. The predicted molar refractivity (Wildman–Crippen MR) is 79.9 cm³/mol. The van der Waals surface area contributed by atoms with Crippen LogP contribution in [0.3, 0.4) is 0 Å². The molecule has 0 aromatic carbocycles. The van der Waals surface area contributed by atoms with Crippen molar-refractivity contribution in [3.05, 3.63) is 21.9 Å². The lowest BCUT2D eigenvalue weighted by Gasteiger charge is -2.26. The van der Waals surface area contributed by atoms with Crippen molar-refractivity contribution in [2.75, 3.05) is 19.1 Å². The Bertz CT molecular complexity index is 381. The van der Waals surface area contributed by atoms with E-state index in [1.807, 2.05) is 23.2 Å². The number of nitrogen functional groups attached to an aromatic ring is 1. The van der Waals surface area contributed by atoms with Crippen LogP contribution in [0.5, 0.6) is 0 Å². The molecule has 0 radical (unpaired) electrons. The van der Waals surface area contributed by atoms with Crippen molar-refractivity contribution in [1.29, 1.82) is 0 Å². The Balaban J connectivity index is 2.72. The minimum absolute atomic E-state index is 0.202. The summed E-state index contributed by atoms with van der Waals surface area (Å²) in [5, 5.41) is 1.93. The number of carbonyl (C=O) groups is 1. The maximum Gasteiger partial charge on any atom is 0.275 e. The van der Waals surface area contributed by atoms with E-state index in [0.717, 1.165) is 24.3 Å². The van der Waals surface area contributed by atoms with Crippen molar-refractivity contribution in [3.8, 4) is 0 Å². The molecule has 0 fully saturated rings. The van der Waals surface area contributed by atoms with Crippen molar-refractivity contribution in [1.82, 2.24) is 10.3 Å². The molecule has 3 N–H and O–H groups in total. The first kappa shape index (κ1) is 15.5. The Labute approximate surface area is 117 Å². The Hall–Kier alpha value is -0.560. The molecule has 6 heteroatoms. The first-order chi connectivity index (χ1) is 8.63. The zero-order valence-electron chi connectivity index (χ0n) is 11.1. The molecule has 1 aromatic rings. The summed E-state index contributed by atoms with van der Waals surface area (Å²) in [6.07, 6.45) is 3.23. The molecule has 0 saturated carbocycles. The number of hydrazine groups is 1. The van der Waals surface area contributed by atoms with E-state index in [-0.39, 0.29) is 5.91 Å². The smallest absolute Gasteiger partial charge is 0.275 e. The zero-order chi connectivity index (χ0) is 13.5. The van der Waals surface area contributed by atoms with Gasteiger partial charge in [-0.1, -0.05) is 6.92 Å². The summed E-state index contributed by atoms with van der Waals surface area (Å²) in [4.78, 5) is 14.6. The van der Waals surface area contributed by atoms with Gasteiger partial charge in [-0.25, -0.2) is 5.84 Å². The largest absolute Gasteiger partial charge is 0.298 e. The summed E-state index contributed by atoms with van der Waals surface area (Å²) in [7, 11) is 2.10. The van der Waals surface area contributed by atoms with Gasteiger partial charge in [0.25, 0.3) is 5.91 Å². The van der Waals surface area contributed by atoms with E-state index in [1.165, 1.54) is 11.3 Å². The number of hydrogen-bond acceptors (Lipinski definition) is 5. The highest BCUT2D eigenvalue weighted by molar-refractivity contribution is 7.98. The summed E-state index contributed by atoms with van der Waals surface area (Å²) >= 11 is 3.28. The number of hydrogen-bond donors (Lipinski definition) is 2. The topological polar surface area (TPSA) is 58.4 Å². The second-order valence-electron chi connectivity index (χ2n) is 4.18. The number of rotatable bonds is 7. The molecule has 0 bridgehead atoms. The lowest BCUT2D eigenvalue weighted by atomic mass is 10.2. The van der Waals surface area contributed by atoms with Gasteiger partial charge in [0.15, 0.2) is 0 Å². The van der Waals surface area contributed by atoms with Crippen LogP contribution in [0, 0.1) is 0 Å². The maximum absolute atomic E-state index is 11.6. The second-order valence-corrected chi connectivity index (χ2v) is 6.01. The van der Waals surface area contributed by atoms with Crippen LogP contribution in [0.1, 0.15) is 28.6 Å². The van der Waals surface area contributed by atoms with Crippen molar-refractivity contribution in [3.63, 3.8) is 0 Å². The van der Waals surface area contributed by atoms with E-state index in [0.29, 0.717) is 10.9 Å². The number of nitrogens with zero attached hydrogens (tertiary/aromatic N) is 1. The first-order valence-electron chi connectivity index (χ1n) is 5.90. The molecule has 0 spiro atoms. The maximum atomic E-state index is 11.6. The molecular weight excluding hydrogens is 266 g/mol. The summed E-state index contributed by atoms with van der Waals surface area (Å²) in [6.45, 7) is 2.98. The van der Waals surface area contributed by atoms with Crippen LogP contribution < -0.4 is 11.3 Å². The van der Waals surface area contributed by atoms with Gasteiger partial charge in [0.1, 0.15) is 0 Å². The lowest BCUT2D eigenvalue weighted by molar-refractivity contribution is 0.0955. The molecule has 0 saturated heterocycles. The van der Waals surface area contributed by atoms with Crippen molar-refractivity contribution in [2.24, 2.45) is 5.84 Å². The van der Waals surface area contributed by atoms with E-state index in [1.54, 1.807) is 0 Å². The van der Waals surface area contributed by atoms with E-state index >= 15 is 0 Å². The van der Waals surface area contributed by atoms with Gasteiger partial charge in [-0.3, -0.25) is 15.1 Å². The number of amides is 1. The van der Waals surface area contributed by atoms with Gasteiger partial charge in [-0.2, -0.15) is 11.8 Å². The van der Waals surface area contributed by atoms with E-state index in [9.17, 15) is 4.79 Å². The third-order valence-electron chi connectivity index (χ3n) is 2.96. The zero-order valence-corrected chi connectivity index (χ0v) is 12.7. The predicted octanol–water partition coefficient (Wildman–Crippen LogP) is 1.92. The average Bonchev–Trinajstić information content (AvgIpc) is 2.82. The molecular formula is C12H21N3OS2. The standard InChI is InChI=1S/C12H21N3OS2/c1-4-10(8-17-3)15(2)7-9-5-6-18-11(9)12(16)14-13/h5-6,10H,4,7-8,13H2,1-3H3,(H,14,16).